The lowest BCUT2D eigenvalue weighted by Gasteiger charge is -2.36. The summed E-state index contributed by atoms with van der Waals surface area (Å²) >= 11 is 0. The second-order valence-corrected chi connectivity index (χ2v) is 8.42. The zero-order valence-electron chi connectivity index (χ0n) is 19.2. The van der Waals surface area contributed by atoms with Crippen molar-refractivity contribution in [3.05, 3.63) is 48.3 Å². The number of carbonyl (C=O) groups excluding carboxylic acids is 1. The number of aromatic nitrogens is 2. The molecule has 4 rings (SSSR count). The van der Waals surface area contributed by atoms with Gasteiger partial charge in [-0.15, -0.1) is 0 Å². The molecule has 2 aliphatic rings. The van der Waals surface area contributed by atoms with Gasteiger partial charge in [-0.05, 0) is 5.56 Å². The summed E-state index contributed by atoms with van der Waals surface area (Å²) < 4.78 is 1.72. The number of carbonyl (C=O) groups is 1. The van der Waals surface area contributed by atoms with Crippen LogP contribution in [0.5, 0.6) is 0 Å². The first-order valence-corrected chi connectivity index (χ1v) is 11.4. The van der Waals surface area contributed by atoms with Crippen molar-refractivity contribution in [3.63, 3.8) is 0 Å². The molecule has 172 valence electrons. The highest BCUT2D eigenvalue weighted by atomic mass is 16.2. The van der Waals surface area contributed by atoms with E-state index in [1.807, 2.05) is 18.1 Å². The molecule has 1 aromatic carbocycles. The van der Waals surface area contributed by atoms with Gasteiger partial charge in [0.05, 0.1) is 11.9 Å². The van der Waals surface area contributed by atoms with Crippen LogP contribution in [0.3, 0.4) is 0 Å². The quantitative estimate of drug-likeness (QED) is 0.522. The van der Waals surface area contributed by atoms with Crippen molar-refractivity contribution in [2.24, 2.45) is 12.0 Å². The summed E-state index contributed by atoms with van der Waals surface area (Å²) in [6.45, 7) is 8.87. The van der Waals surface area contributed by atoms with E-state index in [2.05, 4.69) is 55.5 Å². The summed E-state index contributed by atoms with van der Waals surface area (Å²) in [5.74, 6) is 0.869. The van der Waals surface area contributed by atoms with Crippen LogP contribution in [0.4, 0.5) is 5.69 Å². The number of piperazine rings is 2. The molecule has 2 aliphatic heterocycles. The normalized spacial score (nSPS) is 18.9. The average Bonchev–Trinajstić information content (AvgIpc) is 3.24. The SMILES string of the molecule is CN=C(NCCN1CCN(Cc2ccccc2)CC1)N1CCN(c2cnn(C)c2)C(=O)C1. The maximum Gasteiger partial charge on any atom is 0.246 e. The highest BCUT2D eigenvalue weighted by molar-refractivity contribution is 5.98. The minimum absolute atomic E-state index is 0.0711. The molecule has 0 radical (unpaired) electrons. The second-order valence-electron chi connectivity index (χ2n) is 8.42. The van der Waals surface area contributed by atoms with E-state index in [4.69, 9.17) is 0 Å². The number of hydrogen-bond donors (Lipinski definition) is 1. The molecule has 0 aliphatic carbocycles. The van der Waals surface area contributed by atoms with Crippen molar-refractivity contribution < 1.29 is 4.79 Å². The van der Waals surface area contributed by atoms with E-state index in [1.54, 1.807) is 22.8 Å². The number of nitrogens with one attached hydrogen (secondary N) is 1. The molecular weight excluding hydrogens is 404 g/mol. The maximum atomic E-state index is 12.7. The van der Waals surface area contributed by atoms with Crippen LogP contribution >= 0.6 is 0 Å². The lowest BCUT2D eigenvalue weighted by Crippen LogP contribution is -2.56. The maximum absolute atomic E-state index is 12.7. The number of hydrogen-bond acceptors (Lipinski definition) is 5. The van der Waals surface area contributed by atoms with Gasteiger partial charge in [0.25, 0.3) is 0 Å². The third-order valence-electron chi connectivity index (χ3n) is 6.16. The smallest absolute Gasteiger partial charge is 0.246 e. The van der Waals surface area contributed by atoms with Gasteiger partial charge in [0, 0.05) is 79.2 Å². The number of anilines is 1. The number of aryl methyl sites for hydroxylation is 1. The average molecular weight is 439 g/mol. The van der Waals surface area contributed by atoms with Crippen molar-refractivity contribution in [3.8, 4) is 0 Å². The largest absolute Gasteiger partial charge is 0.355 e. The third-order valence-corrected chi connectivity index (χ3v) is 6.16. The van der Waals surface area contributed by atoms with Gasteiger partial charge in [0.15, 0.2) is 5.96 Å². The molecule has 9 heteroatoms. The predicted molar refractivity (Wildman–Crippen MR) is 127 cm³/mol. The Hall–Kier alpha value is -2.91. The molecule has 0 unspecified atom stereocenters. The minimum atomic E-state index is 0.0711. The van der Waals surface area contributed by atoms with Crippen molar-refractivity contribution in [2.75, 3.05) is 70.9 Å². The molecule has 0 spiro atoms. The zero-order valence-corrected chi connectivity index (χ0v) is 19.2. The molecule has 3 heterocycles. The summed E-state index contributed by atoms with van der Waals surface area (Å²) in [5.41, 5.74) is 2.23. The van der Waals surface area contributed by atoms with Crippen LogP contribution in [0, 0.1) is 0 Å². The van der Waals surface area contributed by atoms with Crippen molar-refractivity contribution >= 4 is 17.6 Å². The van der Waals surface area contributed by atoms with Crippen LogP contribution in [-0.2, 0) is 18.4 Å². The summed E-state index contributed by atoms with van der Waals surface area (Å²) in [5, 5.41) is 7.62. The Bertz CT molecular complexity index is 904. The molecule has 1 amide bonds. The van der Waals surface area contributed by atoms with E-state index in [0.29, 0.717) is 13.1 Å². The molecule has 0 atom stereocenters. The minimum Gasteiger partial charge on any atom is -0.355 e. The Balaban J connectivity index is 1.17. The number of nitrogens with zero attached hydrogens (tertiary/aromatic N) is 7. The van der Waals surface area contributed by atoms with Crippen LogP contribution in [0.1, 0.15) is 5.56 Å². The van der Waals surface area contributed by atoms with Gasteiger partial charge in [-0.1, -0.05) is 30.3 Å². The fraction of sp³-hybridized carbons (Fsp3) is 0.522. The third kappa shape index (κ3) is 5.66. The van der Waals surface area contributed by atoms with E-state index in [9.17, 15) is 4.79 Å². The number of benzene rings is 1. The monoisotopic (exact) mass is 438 g/mol. The van der Waals surface area contributed by atoms with Crippen LogP contribution in [-0.4, -0.2) is 102 Å². The number of rotatable bonds is 6. The van der Waals surface area contributed by atoms with Crippen LogP contribution in [0.2, 0.25) is 0 Å². The zero-order chi connectivity index (χ0) is 22.3. The van der Waals surface area contributed by atoms with Gasteiger partial charge in [-0.3, -0.25) is 24.3 Å². The molecule has 0 saturated carbocycles. The van der Waals surface area contributed by atoms with Crippen molar-refractivity contribution in [2.45, 2.75) is 6.54 Å². The van der Waals surface area contributed by atoms with Gasteiger partial charge >= 0.3 is 0 Å². The fourth-order valence-corrected chi connectivity index (χ4v) is 4.35. The predicted octanol–water partition coefficient (Wildman–Crippen LogP) is 0.462. The van der Waals surface area contributed by atoms with E-state index < -0.39 is 0 Å². The molecule has 2 saturated heterocycles. The van der Waals surface area contributed by atoms with E-state index in [1.165, 1.54) is 5.56 Å². The fourth-order valence-electron chi connectivity index (χ4n) is 4.35. The van der Waals surface area contributed by atoms with E-state index in [-0.39, 0.29) is 5.91 Å². The summed E-state index contributed by atoms with van der Waals surface area (Å²) in [6.07, 6.45) is 3.61. The number of aliphatic imine (C=N–C) groups is 1. The summed E-state index contributed by atoms with van der Waals surface area (Å²) in [4.78, 5) is 25.9. The Morgan fingerprint density at radius 2 is 1.81 bits per heavy atom. The Morgan fingerprint density at radius 1 is 1.06 bits per heavy atom. The molecule has 1 N–H and O–H groups in total. The number of amides is 1. The summed E-state index contributed by atoms with van der Waals surface area (Å²) in [7, 11) is 3.64. The van der Waals surface area contributed by atoms with Crippen LogP contribution in [0.15, 0.2) is 47.7 Å². The lowest BCUT2D eigenvalue weighted by atomic mass is 10.2. The lowest BCUT2D eigenvalue weighted by molar-refractivity contribution is -0.120. The second kappa shape index (κ2) is 10.6. The van der Waals surface area contributed by atoms with Crippen molar-refractivity contribution in [1.29, 1.82) is 0 Å². The highest BCUT2D eigenvalue weighted by Crippen LogP contribution is 2.16. The van der Waals surface area contributed by atoms with Crippen molar-refractivity contribution in [1.82, 2.24) is 29.8 Å². The number of guanidine groups is 1. The van der Waals surface area contributed by atoms with Gasteiger partial charge in [-0.2, -0.15) is 5.10 Å². The Kier molecular flexibility index (Phi) is 7.39. The molecule has 0 bridgehead atoms. The van der Waals surface area contributed by atoms with Gasteiger partial charge < -0.3 is 15.1 Å². The Labute approximate surface area is 190 Å². The summed E-state index contributed by atoms with van der Waals surface area (Å²) in [6, 6.07) is 10.7. The molecule has 2 fully saturated rings. The topological polar surface area (TPSA) is 72.2 Å². The first kappa shape index (κ1) is 22.3. The standard InChI is InChI=1S/C23H34N8O/c1-24-23(30-14-15-31(22(32)19-30)21-16-26-27(2)18-21)25-8-9-28-10-12-29(13-11-28)17-20-6-4-3-5-7-20/h3-7,16,18H,8-15,17,19H2,1-2H3,(H,24,25). The van der Waals surface area contributed by atoms with Gasteiger partial charge in [0.2, 0.25) is 5.91 Å². The molecule has 9 nitrogen and oxygen atoms in total. The Morgan fingerprint density at radius 3 is 2.47 bits per heavy atom. The molecule has 1 aromatic heterocycles. The molecule has 32 heavy (non-hydrogen) atoms. The highest BCUT2D eigenvalue weighted by Gasteiger charge is 2.27. The van der Waals surface area contributed by atoms with Gasteiger partial charge in [-0.25, -0.2) is 0 Å². The van der Waals surface area contributed by atoms with E-state index in [0.717, 1.165) is 64.0 Å². The van der Waals surface area contributed by atoms with E-state index >= 15 is 0 Å². The first-order valence-electron chi connectivity index (χ1n) is 11.4. The molecule has 2 aromatic rings. The van der Waals surface area contributed by atoms with Gasteiger partial charge in [0.1, 0.15) is 6.54 Å². The van der Waals surface area contributed by atoms with Crippen LogP contribution < -0.4 is 10.2 Å². The van der Waals surface area contributed by atoms with Crippen LogP contribution in [0.25, 0.3) is 0 Å². The molecular formula is C23H34N8O. The first-order chi connectivity index (χ1) is 15.6.